The molecule has 4 nitrogen and oxygen atoms in total. The van der Waals surface area contributed by atoms with Crippen LogP contribution in [0.3, 0.4) is 0 Å². The van der Waals surface area contributed by atoms with Crippen LogP contribution in [0.1, 0.15) is 11.3 Å². The van der Waals surface area contributed by atoms with Crippen LogP contribution in [0.5, 0.6) is 0 Å². The number of benzene rings is 1. The first kappa shape index (κ1) is 13.5. The lowest BCUT2D eigenvalue weighted by atomic mass is 10.2. The first-order chi connectivity index (χ1) is 8.88. The Morgan fingerprint density at radius 1 is 1.16 bits per heavy atom. The highest BCUT2D eigenvalue weighted by atomic mass is 32.2. The highest BCUT2D eigenvalue weighted by Gasteiger charge is 2.18. The summed E-state index contributed by atoms with van der Waals surface area (Å²) < 4.78 is 39.8. The van der Waals surface area contributed by atoms with Gasteiger partial charge in [-0.05, 0) is 43.7 Å². The van der Waals surface area contributed by atoms with Crippen LogP contribution in [0.25, 0.3) is 0 Å². The van der Waals surface area contributed by atoms with Crippen molar-refractivity contribution < 1.29 is 12.8 Å². The number of hydrogen-bond donors (Lipinski definition) is 1. The van der Waals surface area contributed by atoms with Crippen LogP contribution in [0.4, 0.5) is 10.2 Å². The van der Waals surface area contributed by atoms with Crippen molar-refractivity contribution in [3.8, 4) is 0 Å². The highest BCUT2D eigenvalue weighted by molar-refractivity contribution is 7.92. The van der Waals surface area contributed by atoms with Crippen LogP contribution in [-0.4, -0.2) is 13.4 Å². The van der Waals surface area contributed by atoms with E-state index in [-0.39, 0.29) is 10.7 Å². The number of nitrogens with zero attached hydrogens (tertiary/aromatic N) is 1. The van der Waals surface area contributed by atoms with Gasteiger partial charge >= 0.3 is 0 Å². The summed E-state index contributed by atoms with van der Waals surface area (Å²) in [7, 11) is -3.84. The maximum absolute atomic E-state index is 13.2. The molecule has 100 valence electrons. The Balaban J connectivity index is 2.40. The van der Waals surface area contributed by atoms with Crippen molar-refractivity contribution in [3.63, 3.8) is 0 Å². The summed E-state index contributed by atoms with van der Waals surface area (Å²) in [6, 6.07) is 8.63. The van der Waals surface area contributed by atoms with Crippen LogP contribution in [0, 0.1) is 19.7 Å². The minimum Gasteiger partial charge on any atom is -0.263 e. The smallest absolute Gasteiger partial charge is 0.263 e. The molecule has 19 heavy (non-hydrogen) atoms. The standard InChI is InChI=1S/C13H13FN2O2S/c1-9-6-7-11(14)8-12(9)19(17,18)16-13-5-3-4-10(2)15-13/h3-8H,1-2H3,(H,15,16). The molecule has 0 saturated heterocycles. The number of sulfonamides is 1. The topological polar surface area (TPSA) is 59.1 Å². The van der Waals surface area contributed by atoms with E-state index in [1.807, 2.05) is 0 Å². The average molecular weight is 280 g/mol. The van der Waals surface area contributed by atoms with E-state index >= 15 is 0 Å². The predicted molar refractivity (Wildman–Crippen MR) is 70.9 cm³/mol. The summed E-state index contributed by atoms with van der Waals surface area (Å²) in [4.78, 5) is 3.96. The molecule has 0 fully saturated rings. The van der Waals surface area contributed by atoms with Gasteiger partial charge in [0.25, 0.3) is 10.0 Å². The molecule has 2 rings (SSSR count). The SMILES string of the molecule is Cc1cccc(NS(=O)(=O)c2cc(F)ccc2C)n1. The van der Waals surface area contributed by atoms with Crippen molar-refractivity contribution in [3.05, 3.63) is 53.5 Å². The minimum absolute atomic E-state index is 0.0872. The molecule has 1 aromatic carbocycles. The minimum atomic E-state index is -3.84. The Morgan fingerprint density at radius 2 is 1.89 bits per heavy atom. The molecule has 2 aromatic rings. The molecule has 1 N–H and O–H groups in total. The predicted octanol–water partition coefficient (Wildman–Crippen LogP) is 2.64. The number of halogens is 1. The third kappa shape index (κ3) is 3.08. The Bertz CT molecular complexity index is 714. The lowest BCUT2D eigenvalue weighted by molar-refractivity contribution is 0.594. The van der Waals surface area contributed by atoms with Gasteiger partial charge in [-0.3, -0.25) is 4.72 Å². The second kappa shape index (κ2) is 4.97. The van der Waals surface area contributed by atoms with Gasteiger partial charge in [0.15, 0.2) is 0 Å². The van der Waals surface area contributed by atoms with Crippen molar-refractivity contribution in [2.24, 2.45) is 0 Å². The molecule has 0 aliphatic rings. The molecule has 0 bridgehead atoms. The van der Waals surface area contributed by atoms with Gasteiger partial charge in [0.1, 0.15) is 11.6 Å². The van der Waals surface area contributed by atoms with E-state index in [4.69, 9.17) is 0 Å². The summed E-state index contributed by atoms with van der Waals surface area (Å²) >= 11 is 0. The van der Waals surface area contributed by atoms with E-state index < -0.39 is 15.8 Å². The van der Waals surface area contributed by atoms with E-state index in [0.717, 1.165) is 6.07 Å². The van der Waals surface area contributed by atoms with Crippen LogP contribution >= 0.6 is 0 Å². The number of rotatable bonds is 3. The lowest BCUT2D eigenvalue weighted by Gasteiger charge is -2.10. The van der Waals surface area contributed by atoms with Gasteiger partial charge in [0.05, 0.1) is 4.90 Å². The molecule has 0 radical (unpaired) electrons. The zero-order valence-corrected chi connectivity index (χ0v) is 11.3. The molecule has 0 amide bonds. The van der Waals surface area contributed by atoms with Gasteiger partial charge in [0.2, 0.25) is 0 Å². The van der Waals surface area contributed by atoms with E-state index in [2.05, 4.69) is 9.71 Å². The molecule has 0 atom stereocenters. The normalized spacial score (nSPS) is 11.3. The molecule has 1 aromatic heterocycles. The van der Waals surface area contributed by atoms with E-state index in [1.165, 1.54) is 12.1 Å². The van der Waals surface area contributed by atoms with Crippen molar-refractivity contribution in [1.82, 2.24) is 4.98 Å². The lowest BCUT2D eigenvalue weighted by Crippen LogP contribution is -2.15. The summed E-state index contributed by atoms with van der Waals surface area (Å²) in [5.74, 6) is -0.383. The van der Waals surface area contributed by atoms with E-state index in [9.17, 15) is 12.8 Å². The number of nitrogens with one attached hydrogen (secondary N) is 1. The Kier molecular flexibility index (Phi) is 3.53. The van der Waals surface area contributed by atoms with Crippen molar-refractivity contribution >= 4 is 15.8 Å². The zero-order valence-electron chi connectivity index (χ0n) is 10.5. The Hall–Kier alpha value is -1.95. The number of anilines is 1. The molecule has 6 heteroatoms. The molecule has 0 aliphatic carbocycles. The Labute approximate surface area is 111 Å². The maximum Gasteiger partial charge on any atom is 0.263 e. The zero-order chi connectivity index (χ0) is 14.0. The number of aryl methyl sites for hydroxylation is 2. The van der Waals surface area contributed by atoms with Crippen molar-refractivity contribution in [2.45, 2.75) is 18.7 Å². The van der Waals surface area contributed by atoms with Crippen LogP contribution in [0.15, 0.2) is 41.3 Å². The van der Waals surface area contributed by atoms with Crippen molar-refractivity contribution in [1.29, 1.82) is 0 Å². The second-order valence-electron chi connectivity index (χ2n) is 4.18. The summed E-state index contributed by atoms with van der Waals surface area (Å²) in [5, 5.41) is 0. The fourth-order valence-electron chi connectivity index (χ4n) is 1.66. The number of pyridine rings is 1. The van der Waals surface area contributed by atoms with Gasteiger partial charge in [-0.2, -0.15) is 0 Å². The third-order valence-corrected chi connectivity index (χ3v) is 4.06. The van der Waals surface area contributed by atoms with Gasteiger partial charge in [-0.25, -0.2) is 17.8 Å². The van der Waals surface area contributed by atoms with Crippen LogP contribution < -0.4 is 4.72 Å². The summed E-state index contributed by atoms with van der Waals surface area (Å²) in [6.07, 6.45) is 0. The molecule has 0 spiro atoms. The van der Waals surface area contributed by atoms with Gasteiger partial charge < -0.3 is 0 Å². The van der Waals surface area contributed by atoms with Crippen LogP contribution in [0.2, 0.25) is 0 Å². The first-order valence-corrected chi connectivity index (χ1v) is 7.09. The molecule has 0 saturated carbocycles. The number of aromatic nitrogens is 1. The average Bonchev–Trinajstić information content (AvgIpc) is 2.31. The van der Waals surface area contributed by atoms with Crippen LogP contribution in [-0.2, 0) is 10.0 Å². The summed E-state index contributed by atoms with van der Waals surface area (Å²) in [5.41, 5.74) is 1.16. The number of hydrogen-bond acceptors (Lipinski definition) is 3. The second-order valence-corrected chi connectivity index (χ2v) is 5.83. The van der Waals surface area contributed by atoms with E-state index in [1.54, 1.807) is 32.0 Å². The first-order valence-electron chi connectivity index (χ1n) is 5.61. The fraction of sp³-hybridized carbons (Fsp3) is 0.154. The molecule has 1 heterocycles. The fourth-order valence-corrected chi connectivity index (χ4v) is 2.91. The van der Waals surface area contributed by atoms with Gasteiger partial charge in [-0.1, -0.05) is 12.1 Å². The quantitative estimate of drug-likeness (QED) is 0.940. The van der Waals surface area contributed by atoms with Gasteiger partial charge in [0, 0.05) is 5.69 Å². The molecule has 0 unspecified atom stereocenters. The monoisotopic (exact) mass is 280 g/mol. The Morgan fingerprint density at radius 3 is 2.58 bits per heavy atom. The van der Waals surface area contributed by atoms with Crippen molar-refractivity contribution in [2.75, 3.05) is 4.72 Å². The largest absolute Gasteiger partial charge is 0.263 e. The van der Waals surface area contributed by atoms with Gasteiger partial charge in [-0.15, -0.1) is 0 Å². The van der Waals surface area contributed by atoms with E-state index in [0.29, 0.717) is 11.3 Å². The molecule has 0 aliphatic heterocycles. The summed E-state index contributed by atoms with van der Waals surface area (Å²) in [6.45, 7) is 3.36. The maximum atomic E-state index is 13.2. The highest BCUT2D eigenvalue weighted by Crippen LogP contribution is 2.19. The molecular weight excluding hydrogens is 267 g/mol. The molecular formula is C13H13FN2O2S. The third-order valence-electron chi connectivity index (χ3n) is 2.57.